The summed E-state index contributed by atoms with van der Waals surface area (Å²) < 4.78 is 2.40. The molecule has 11 rings (SSSR count). The van der Waals surface area contributed by atoms with Crippen molar-refractivity contribution in [2.45, 2.75) is 26.2 Å². The van der Waals surface area contributed by atoms with Gasteiger partial charge in [-0.25, -0.2) is 0 Å². The molecule has 0 amide bonds. The third-order valence-electron chi connectivity index (χ3n) is 12.7. The molecule has 0 N–H and O–H groups in total. The van der Waals surface area contributed by atoms with Gasteiger partial charge in [0.25, 0.3) is 0 Å². The number of fused-ring (bicyclic) bond motifs is 6. The van der Waals surface area contributed by atoms with E-state index in [-0.39, 0.29) is 5.41 Å². The molecule has 0 aliphatic heterocycles. The highest BCUT2D eigenvalue weighted by atomic mass is 15.1. The molecule has 0 bridgehead atoms. The van der Waals surface area contributed by atoms with E-state index in [9.17, 15) is 0 Å². The molecule has 2 heteroatoms. The maximum atomic E-state index is 2.49. The largest absolute Gasteiger partial charge is 0.310 e. The number of anilines is 3. The van der Waals surface area contributed by atoms with Crippen LogP contribution >= 0.6 is 0 Å². The highest BCUT2D eigenvalue weighted by molar-refractivity contribution is 6.09. The second kappa shape index (κ2) is 14.1. The molecular formula is C58H44N2. The van der Waals surface area contributed by atoms with E-state index in [4.69, 9.17) is 0 Å². The van der Waals surface area contributed by atoms with E-state index < -0.39 is 0 Å². The third-order valence-corrected chi connectivity index (χ3v) is 12.7. The maximum absolute atomic E-state index is 2.49. The van der Waals surface area contributed by atoms with Gasteiger partial charge in [0, 0.05) is 38.8 Å². The minimum atomic E-state index is -0.138. The van der Waals surface area contributed by atoms with Crippen molar-refractivity contribution in [2.75, 3.05) is 4.90 Å². The van der Waals surface area contributed by atoms with Crippen LogP contribution in [0.5, 0.6) is 0 Å². The van der Waals surface area contributed by atoms with Crippen LogP contribution in [0.4, 0.5) is 17.1 Å². The van der Waals surface area contributed by atoms with Crippen molar-refractivity contribution >= 4 is 38.9 Å². The minimum absolute atomic E-state index is 0.138. The number of aromatic nitrogens is 1. The molecule has 2 nitrogen and oxygen atoms in total. The van der Waals surface area contributed by atoms with E-state index in [1.54, 1.807) is 0 Å². The average molecular weight is 769 g/mol. The summed E-state index contributed by atoms with van der Waals surface area (Å²) in [5.74, 6) is 0. The van der Waals surface area contributed by atoms with E-state index in [1.807, 2.05) is 0 Å². The lowest BCUT2D eigenvalue weighted by Gasteiger charge is -2.31. The minimum Gasteiger partial charge on any atom is -0.310 e. The first kappa shape index (κ1) is 35.7. The van der Waals surface area contributed by atoms with Gasteiger partial charge in [-0.2, -0.15) is 0 Å². The molecule has 1 aliphatic rings. The Morgan fingerprint density at radius 1 is 0.383 bits per heavy atom. The molecule has 0 atom stereocenters. The monoisotopic (exact) mass is 768 g/mol. The van der Waals surface area contributed by atoms with Crippen LogP contribution in [-0.4, -0.2) is 4.57 Å². The first-order chi connectivity index (χ1) is 29.4. The summed E-state index contributed by atoms with van der Waals surface area (Å²) in [5.41, 5.74) is 20.6. The predicted octanol–water partition coefficient (Wildman–Crippen LogP) is 15.9. The Morgan fingerprint density at radius 3 is 1.57 bits per heavy atom. The maximum Gasteiger partial charge on any atom is 0.0569 e. The first-order valence-electron chi connectivity index (χ1n) is 20.9. The number of hydrogen-bond donors (Lipinski definition) is 0. The molecule has 0 radical (unpaired) electrons. The molecule has 0 saturated heterocycles. The van der Waals surface area contributed by atoms with Crippen LogP contribution in [0.15, 0.2) is 212 Å². The molecule has 1 aromatic heterocycles. The molecule has 0 spiro atoms. The first-order valence-corrected chi connectivity index (χ1v) is 20.9. The van der Waals surface area contributed by atoms with Crippen molar-refractivity contribution < 1.29 is 0 Å². The van der Waals surface area contributed by atoms with Crippen LogP contribution in [0.1, 0.15) is 30.5 Å². The summed E-state index contributed by atoms with van der Waals surface area (Å²) in [4.78, 5) is 2.49. The van der Waals surface area contributed by atoms with Gasteiger partial charge in [0.2, 0.25) is 0 Å². The number of aryl methyl sites for hydroxylation is 1. The zero-order chi connectivity index (χ0) is 40.4. The van der Waals surface area contributed by atoms with Gasteiger partial charge in [-0.05, 0) is 123 Å². The van der Waals surface area contributed by atoms with E-state index in [1.165, 1.54) is 88.7 Å². The fraction of sp³-hybridized carbons (Fsp3) is 0.0690. The Bertz CT molecular complexity index is 3150. The van der Waals surface area contributed by atoms with Gasteiger partial charge in [0.1, 0.15) is 0 Å². The lowest BCUT2D eigenvalue weighted by atomic mass is 9.82. The summed E-state index contributed by atoms with van der Waals surface area (Å²) in [6.07, 6.45) is 0. The fourth-order valence-electron chi connectivity index (χ4n) is 9.76. The normalized spacial score (nSPS) is 12.7. The summed E-state index contributed by atoms with van der Waals surface area (Å²) in [5, 5.41) is 2.52. The van der Waals surface area contributed by atoms with Crippen LogP contribution in [-0.2, 0) is 5.41 Å². The Labute approximate surface area is 352 Å². The van der Waals surface area contributed by atoms with Crippen LogP contribution in [0.2, 0.25) is 0 Å². The van der Waals surface area contributed by atoms with Gasteiger partial charge in [-0.3, -0.25) is 0 Å². The van der Waals surface area contributed by atoms with Gasteiger partial charge in [-0.1, -0.05) is 166 Å². The van der Waals surface area contributed by atoms with Gasteiger partial charge < -0.3 is 9.47 Å². The molecule has 0 unspecified atom stereocenters. The van der Waals surface area contributed by atoms with Gasteiger partial charge in [0.05, 0.1) is 16.7 Å². The van der Waals surface area contributed by atoms with Gasteiger partial charge in [0.15, 0.2) is 0 Å². The average Bonchev–Trinajstić information content (AvgIpc) is 3.76. The molecule has 286 valence electrons. The number of hydrogen-bond acceptors (Lipinski definition) is 1. The van der Waals surface area contributed by atoms with Crippen LogP contribution in [0.3, 0.4) is 0 Å². The zero-order valence-corrected chi connectivity index (χ0v) is 34.1. The zero-order valence-electron chi connectivity index (χ0n) is 34.1. The predicted molar refractivity (Wildman–Crippen MR) is 254 cm³/mol. The number of benzene rings is 9. The molecule has 1 aliphatic carbocycles. The van der Waals surface area contributed by atoms with Crippen LogP contribution in [0.25, 0.3) is 72.0 Å². The van der Waals surface area contributed by atoms with Crippen molar-refractivity contribution in [3.63, 3.8) is 0 Å². The lowest BCUT2D eigenvalue weighted by Crippen LogP contribution is -2.17. The highest BCUT2D eigenvalue weighted by Gasteiger charge is 2.36. The van der Waals surface area contributed by atoms with Crippen molar-refractivity contribution in [2.24, 2.45) is 0 Å². The molecule has 0 fully saturated rings. The topological polar surface area (TPSA) is 8.17 Å². The van der Waals surface area contributed by atoms with Crippen LogP contribution < -0.4 is 4.90 Å². The molecular weight excluding hydrogens is 725 g/mol. The Morgan fingerprint density at radius 2 is 0.900 bits per heavy atom. The SMILES string of the molecule is Cc1cc(-c2ccc(-c3ccccc3)cc2)cc(-c2ccccc2)c1N(c1ccc(-n2c3ccccc3c3ccccc32)cc1)c1ccc2c(c1)C(C)(C)c1ccccc1-2. The summed E-state index contributed by atoms with van der Waals surface area (Å²) in [7, 11) is 0. The van der Waals surface area contributed by atoms with Crippen LogP contribution in [0, 0.1) is 6.92 Å². The smallest absolute Gasteiger partial charge is 0.0569 e. The highest BCUT2D eigenvalue weighted by Crippen LogP contribution is 2.52. The lowest BCUT2D eigenvalue weighted by molar-refractivity contribution is 0.660. The molecule has 0 saturated carbocycles. The van der Waals surface area contributed by atoms with E-state index in [0.717, 1.165) is 17.1 Å². The number of para-hydroxylation sites is 2. The van der Waals surface area contributed by atoms with E-state index in [2.05, 4.69) is 243 Å². The van der Waals surface area contributed by atoms with Gasteiger partial charge in [-0.15, -0.1) is 0 Å². The summed E-state index contributed by atoms with van der Waals surface area (Å²) in [6.45, 7) is 7.01. The number of nitrogens with zero attached hydrogens (tertiary/aromatic N) is 2. The number of rotatable bonds is 7. The molecule has 9 aromatic carbocycles. The molecule has 60 heavy (non-hydrogen) atoms. The summed E-state index contributed by atoms with van der Waals surface area (Å²) in [6, 6.07) is 77.9. The fourth-order valence-corrected chi connectivity index (χ4v) is 9.76. The van der Waals surface area contributed by atoms with Crippen molar-refractivity contribution in [1.82, 2.24) is 4.57 Å². The third kappa shape index (κ3) is 5.79. The molecule has 1 heterocycles. The van der Waals surface area contributed by atoms with E-state index in [0.29, 0.717) is 0 Å². The van der Waals surface area contributed by atoms with Crippen molar-refractivity contribution in [3.8, 4) is 50.2 Å². The van der Waals surface area contributed by atoms with Crippen molar-refractivity contribution in [3.05, 3.63) is 229 Å². The Hall–Kier alpha value is -7.42. The Balaban J connectivity index is 1.11. The standard InChI is InChI=1S/C58H44N2/c1-39-36-44(42-28-26-41(27-29-42)40-16-6-4-7-17-40)37-52(43-18-8-5-9-19-43)57(39)59(47-34-35-49-48-20-10-13-23-53(48)58(2,3)54(49)38-47)45-30-32-46(33-31-45)60-55-24-14-11-21-50(55)51-22-12-15-25-56(51)60/h4-38H,1-3H3. The van der Waals surface area contributed by atoms with Crippen molar-refractivity contribution in [1.29, 1.82) is 0 Å². The Kier molecular flexibility index (Phi) is 8.42. The van der Waals surface area contributed by atoms with E-state index >= 15 is 0 Å². The second-order valence-corrected chi connectivity index (χ2v) is 16.6. The second-order valence-electron chi connectivity index (χ2n) is 16.6. The molecule has 10 aromatic rings. The summed E-state index contributed by atoms with van der Waals surface area (Å²) >= 11 is 0. The quantitative estimate of drug-likeness (QED) is 0.157. The van der Waals surface area contributed by atoms with Gasteiger partial charge >= 0.3 is 0 Å².